The van der Waals surface area contributed by atoms with Gasteiger partial charge >= 0.3 is 0 Å². The summed E-state index contributed by atoms with van der Waals surface area (Å²) < 4.78 is 0.379. The number of hydrogen-bond acceptors (Lipinski definition) is 3. The van der Waals surface area contributed by atoms with Crippen molar-refractivity contribution in [1.82, 2.24) is 0 Å². The van der Waals surface area contributed by atoms with Crippen LogP contribution in [0, 0.1) is 0 Å². The molecule has 1 spiro atoms. The van der Waals surface area contributed by atoms with Crippen molar-refractivity contribution in [2.45, 2.75) is 36.9 Å². The molecule has 0 unspecified atom stereocenters. The van der Waals surface area contributed by atoms with Gasteiger partial charge in [-0.2, -0.15) is 0 Å². The minimum atomic E-state index is -0.297. The molecular formula is C14H14ClNOS2. The first-order valence-corrected chi connectivity index (χ1v) is 8.06. The molecule has 3 rings (SSSR count). The molecular weight excluding hydrogens is 298 g/mol. The molecule has 0 bridgehead atoms. The topological polar surface area (TPSA) is 20.3 Å². The van der Waals surface area contributed by atoms with Gasteiger partial charge in [-0.05, 0) is 37.1 Å². The number of amides is 1. The highest BCUT2D eigenvalue weighted by molar-refractivity contribution is 8.25. The molecule has 1 saturated carbocycles. The van der Waals surface area contributed by atoms with Crippen LogP contribution in [0.5, 0.6) is 0 Å². The summed E-state index contributed by atoms with van der Waals surface area (Å²) in [6.45, 7) is 0. The van der Waals surface area contributed by atoms with E-state index in [2.05, 4.69) is 0 Å². The van der Waals surface area contributed by atoms with Gasteiger partial charge in [0.1, 0.15) is 9.07 Å². The van der Waals surface area contributed by atoms with E-state index < -0.39 is 0 Å². The number of carbonyl (C=O) groups excluding carboxylic acids is 1. The number of thiocarbonyl (C=S) groups is 1. The predicted octanol–water partition coefficient (Wildman–Crippen LogP) is 4.41. The highest BCUT2D eigenvalue weighted by atomic mass is 35.5. The van der Waals surface area contributed by atoms with E-state index in [9.17, 15) is 4.79 Å². The fourth-order valence-corrected chi connectivity index (χ4v) is 4.87. The van der Waals surface area contributed by atoms with Gasteiger partial charge in [-0.25, -0.2) is 0 Å². The molecule has 2 nitrogen and oxygen atoms in total. The van der Waals surface area contributed by atoms with Crippen LogP contribution in [0.15, 0.2) is 24.3 Å². The molecule has 0 radical (unpaired) electrons. The Kier molecular flexibility index (Phi) is 3.58. The van der Waals surface area contributed by atoms with Crippen LogP contribution in [0.2, 0.25) is 5.02 Å². The van der Waals surface area contributed by atoms with Gasteiger partial charge in [0.2, 0.25) is 5.91 Å². The van der Waals surface area contributed by atoms with E-state index in [-0.39, 0.29) is 10.7 Å². The van der Waals surface area contributed by atoms with Crippen molar-refractivity contribution < 1.29 is 4.79 Å². The first kappa shape index (κ1) is 13.4. The van der Waals surface area contributed by atoms with Crippen molar-refractivity contribution in [2.24, 2.45) is 0 Å². The standard InChI is InChI=1S/C14H14ClNOS2/c15-10-4-6-11(7-5-10)16-12(17)14(19-13(16)18)8-2-1-3-9-14/h4-7H,1-3,8-9H2. The van der Waals surface area contributed by atoms with E-state index in [4.69, 9.17) is 23.8 Å². The second-order valence-corrected chi connectivity index (χ2v) is 7.49. The molecule has 1 heterocycles. The Balaban J connectivity index is 1.92. The lowest BCUT2D eigenvalue weighted by atomic mass is 9.87. The van der Waals surface area contributed by atoms with Crippen molar-refractivity contribution in [3.63, 3.8) is 0 Å². The highest BCUT2D eigenvalue weighted by Gasteiger charge is 2.51. The van der Waals surface area contributed by atoms with Gasteiger partial charge in [-0.3, -0.25) is 9.69 Å². The summed E-state index contributed by atoms with van der Waals surface area (Å²) in [7, 11) is 0. The fraction of sp³-hybridized carbons (Fsp3) is 0.429. The van der Waals surface area contributed by atoms with Crippen molar-refractivity contribution in [2.75, 3.05) is 4.90 Å². The first-order chi connectivity index (χ1) is 9.12. The lowest BCUT2D eigenvalue weighted by Crippen LogP contribution is -2.40. The molecule has 0 atom stereocenters. The minimum absolute atomic E-state index is 0.157. The first-order valence-electron chi connectivity index (χ1n) is 6.45. The number of hydrogen-bond donors (Lipinski definition) is 0. The molecule has 1 aliphatic carbocycles. The zero-order valence-corrected chi connectivity index (χ0v) is 12.8. The molecule has 2 aliphatic rings. The lowest BCUT2D eigenvalue weighted by Gasteiger charge is -2.29. The van der Waals surface area contributed by atoms with Gasteiger partial charge in [0.25, 0.3) is 0 Å². The minimum Gasteiger partial charge on any atom is -0.272 e. The molecule has 19 heavy (non-hydrogen) atoms. The van der Waals surface area contributed by atoms with E-state index in [0.29, 0.717) is 9.34 Å². The number of benzene rings is 1. The van der Waals surface area contributed by atoms with Gasteiger partial charge in [0.15, 0.2) is 0 Å². The van der Waals surface area contributed by atoms with E-state index in [0.717, 1.165) is 31.4 Å². The zero-order chi connectivity index (χ0) is 13.5. The van der Waals surface area contributed by atoms with Gasteiger partial charge < -0.3 is 0 Å². The number of rotatable bonds is 1. The third-order valence-corrected chi connectivity index (χ3v) is 5.82. The van der Waals surface area contributed by atoms with Gasteiger partial charge in [0, 0.05) is 5.02 Å². The van der Waals surface area contributed by atoms with Crippen molar-refractivity contribution in [3.05, 3.63) is 29.3 Å². The van der Waals surface area contributed by atoms with Gasteiger partial charge in [-0.1, -0.05) is 54.8 Å². The maximum Gasteiger partial charge on any atom is 0.249 e. The molecule has 1 aromatic rings. The summed E-state index contributed by atoms with van der Waals surface area (Å²) >= 11 is 12.9. The Morgan fingerprint density at radius 1 is 1.16 bits per heavy atom. The van der Waals surface area contributed by atoms with Crippen LogP contribution in [0.25, 0.3) is 0 Å². The molecule has 1 aromatic carbocycles. The Labute approximate surface area is 127 Å². The quantitative estimate of drug-likeness (QED) is 0.717. The van der Waals surface area contributed by atoms with Crippen LogP contribution < -0.4 is 4.90 Å². The average molecular weight is 312 g/mol. The summed E-state index contributed by atoms with van der Waals surface area (Å²) in [5, 5.41) is 0.668. The summed E-state index contributed by atoms with van der Waals surface area (Å²) in [5.41, 5.74) is 0.828. The Morgan fingerprint density at radius 2 is 1.79 bits per heavy atom. The van der Waals surface area contributed by atoms with E-state index >= 15 is 0 Å². The highest BCUT2D eigenvalue weighted by Crippen LogP contribution is 2.48. The molecule has 5 heteroatoms. The Hall–Kier alpha value is -0.580. The van der Waals surface area contributed by atoms with E-state index in [1.54, 1.807) is 28.8 Å². The van der Waals surface area contributed by atoms with Crippen LogP contribution in [0.1, 0.15) is 32.1 Å². The number of carbonyl (C=O) groups is 1. The summed E-state index contributed by atoms with van der Waals surface area (Å²) in [6.07, 6.45) is 5.36. The van der Waals surface area contributed by atoms with E-state index in [1.165, 1.54) is 6.42 Å². The smallest absolute Gasteiger partial charge is 0.249 e. The Bertz CT molecular complexity index is 523. The summed E-state index contributed by atoms with van der Waals surface area (Å²) in [5.74, 6) is 0.157. The average Bonchev–Trinajstić information content (AvgIpc) is 2.64. The predicted molar refractivity (Wildman–Crippen MR) is 84.9 cm³/mol. The summed E-state index contributed by atoms with van der Waals surface area (Å²) in [4.78, 5) is 14.4. The van der Waals surface area contributed by atoms with Crippen molar-refractivity contribution >= 4 is 51.5 Å². The molecule has 1 aliphatic heterocycles. The number of anilines is 1. The fourth-order valence-electron chi connectivity index (χ4n) is 2.79. The largest absolute Gasteiger partial charge is 0.272 e. The van der Waals surface area contributed by atoms with Crippen LogP contribution in [0.3, 0.4) is 0 Å². The maximum atomic E-state index is 12.8. The van der Waals surface area contributed by atoms with Crippen molar-refractivity contribution in [1.29, 1.82) is 0 Å². The SMILES string of the molecule is O=C1N(c2ccc(Cl)cc2)C(=S)SC12CCCCC2. The summed E-state index contributed by atoms with van der Waals surface area (Å²) in [6, 6.07) is 7.30. The van der Waals surface area contributed by atoms with Crippen LogP contribution >= 0.6 is 35.6 Å². The number of thioether (sulfide) groups is 1. The third-order valence-electron chi connectivity index (χ3n) is 3.80. The number of halogens is 1. The van der Waals surface area contributed by atoms with Crippen molar-refractivity contribution in [3.8, 4) is 0 Å². The zero-order valence-electron chi connectivity index (χ0n) is 10.4. The van der Waals surface area contributed by atoms with Crippen LogP contribution in [0.4, 0.5) is 5.69 Å². The monoisotopic (exact) mass is 311 g/mol. The second kappa shape index (κ2) is 5.08. The third kappa shape index (κ3) is 2.30. The Morgan fingerprint density at radius 3 is 2.42 bits per heavy atom. The van der Waals surface area contributed by atoms with Crippen LogP contribution in [-0.2, 0) is 4.79 Å². The van der Waals surface area contributed by atoms with Gasteiger partial charge in [-0.15, -0.1) is 0 Å². The molecule has 1 amide bonds. The number of nitrogens with zero attached hydrogens (tertiary/aromatic N) is 1. The normalized spacial score (nSPS) is 22.3. The van der Waals surface area contributed by atoms with Gasteiger partial charge in [0.05, 0.1) is 5.69 Å². The molecule has 1 saturated heterocycles. The molecule has 100 valence electrons. The molecule has 0 N–H and O–H groups in total. The molecule has 2 fully saturated rings. The lowest BCUT2D eigenvalue weighted by molar-refractivity contribution is -0.120. The second-order valence-electron chi connectivity index (χ2n) is 5.04. The van der Waals surface area contributed by atoms with E-state index in [1.807, 2.05) is 12.1 Å². The van der Waals surface area contributed by atoms with Crippen LogP contribution in [-0.4, -0.2) is 15.0 Å². The maximum absolute atomic E-state index is 12.8. The molecule has 0 aromatic heterocycles.